The number of hydrogen-bond donors (Lipinski definition) is 0. The average Bonchev–Trinajstić information content (AvgIpc) is 2.58. The first-order valence-electron chi connectivity index (χ1n) is 8.53. The second-order valence-corrected chi connectivity index (χ2v) is 6.77. The molecule has 0 atom stereocenters. The van der Waals surface area contributed by atoms with Crippen molar-refractivity contribution in [2.75, 3.05) is 32.7 Å². The van der Waals surface area contributed by atoms with Crippen molar-refractivity contribution in [1.82, 2.24) is 9.80 Å². The largest absolute Gasteiger partial charge is 0.301 e. The lowest BCUT2D eigenvalue weighted by Crippen LogP contribution is -2.46. The molecule has 1 heterocycles. The topological polar surface area (TPSA) is 6.48 Å². The Morgan fingerprint density at radius 2 is 1.48 bits per heavy atom. The molecule has 1 aliphatic rings. The van der Waals surface area contributed by atoms with Crippen LogP contribution in [0, 0.1) is 0 Å². The van der Waals surface area contributed by atoms with Gasteiger partial charge in [-0.05, 0) is 42.6 Å². The van der Waals surface area contributed by atoms with Gasteiger partial charge in [-0.15, -0.1) is 0 Å². The number of aryl methyl sites for hydroxylation is 1. The molecule has 0 N–H and O–H groups in total. The summed E-state index contributed by atoms with van der Waals surface area (Å²) in [6, 6.07) is 19.0. The van der Waals surface area contributed by atoms with Crippen LogP contribution < -0.4 is 0 Å². The minimum Gasteiger partial charge on any atom is -0.301 e. The first-order valence-corrected chi connectivity index (χ1v) is 8.90. The van der Waals surface area contributed by atoms with Crippen LogP contribution in [0.5, 0.6) is 0 Å². The summed E-state index contributed by atoms with van der Waals surface area (Å²) in [6.07, 6.45) is 2.43. The molecule has 0 spiro atoms. The number of rotatable bonds is 6. The van der Waals surface area contributed by atoms with Crippen LogP contribution in [0.1, 0.15) is 17.5 Å². The van der Waals surface area contributed by atoms with E-state index in [9.17, 15) is 0 Å². The van der Waals surface area contributed by atoms with Gasteiger partial charge in [0.25, 0.3) is 0 Å². The van der Waals surface area contributed by atoms with Gasteiger partial charge in [-0.25, -0.2) is 0 Å². The second-order valence-electron chi connectivity index (χ2n) is 6.34. The molecule has 1 aliphatic heterocycles. The van der Waals surface area contributed by atoms with E-state index in [-0.39, 0.29) is 0 Å². The summed E-state index contributed by atoms with van der Waals surface area (Å²) in [4.78, 5) is 5.12. The molecule has 2 nitrogen and oxygen atoms in total. The molecule has 122 valence electrons. The third-order valence-corrected chi connectivity index (χ3v) is 4.78. The Labute approximate surface area is 144 Å². The van der Waals surface area contributed by atoms with Gasteiger partial charge in [-0.1, -0.05) is 54.1 Å². The highest BCUT2D eigenvalue weighted by Crippen LogP contribution is 2.14. The Hall–Kier alpha value is -1.35. The first kappa shape index (κ1) is 16.5. The monoisotopic (exact) mass is 328 g/mol. The molecule has 2 aromatic rings. The highest BCUT2D eigenvalue weighted by Gasteiger charge is 2.16. The van der Waals surface area contributed by atoms with Crippen LogP contribution in [0.4, 0.5) is 0 Å². The van der Waals surface area contributed by atoms with Gasteiger partial charge in [0.2, 0.25) is 0 Å². The summed E-state index contributed by atoms with van der Waals surface area (Å²) < 4.78 is 0. The van der Waals surface area contributed by atoms with Gasteiger partial charge in [-0.2, -0.15) is 0 Å². The lowest BCUT2D eigenvalue weighted by Gasteiger charge is -2.34. The number of nitrogens with zero attached hydrogens (tertiary/aromatic N) is 2. The van der Waals surface area contributed by atoms with Crippen LogP contribution in [-0.2, 0) is 13.0 Å². The molecular weight excluding hydrogens is 304 g/mol. The van der Waals surface area contributed by atoms with E-state index in [2.05, 4.69) is 52.3 Å². The fourth-order valence-electron chi connectivity index (χ4n) is 3.22. The maximum atomic E-state index is 6.07. The van der Waals surface area contributed by atoms with Crippen LogP contribution in [-0.4, -0.2) is 42.5 Å². The van der Waals surface area contributed by atoms with E-state index < -0.39 is 0 Å². The standard InChI is InChI=1S/C20H25ClN2/c21-20-10-4-8-19(16-20)17-23-14-12-22(13-15-23)11-5-9-18-6-2-1-3-7-18/h1-4,6-8,10,16H,5,9,11-15,17H2. The Morgan fingerprint density at radius 3 is 2.22 bits per heavy atom. The van der Waals surface area contributed by atoms with Crippen LogP contribution in [0.25, 0.3) is 0 Å². The molecule has 23 heavy (non-hydrogen) atoms. The normalized spacial score (nSPS) is 16.6. The quantitative estimate of drug-likeness (QED) is 0.788. The number of piperazine rings is 1. The molecule has 0 bridgehead atoms. The smallest absolute Gasteiger partial charge is 0.0409 e. The first-order chi connectivity index (χ1) is 11.3. The third kappa shape index (κ3) is 5.35. The molecule has 1 saturated heterocycles. The minimum absolute atomic E-state index is 0.835. The van der Waals surface area contributed by atoms with Crippen molar-refractivity contribution in [1.29, 1.82) is 0 Å². The molecule has 3 heteroatoms. The third-order valence-electron chi connectivity index (χ3n) is 4.54. The van der Waals surface area contributed by atoms with Crippen LogP contribution in [0.3, 0.4) is 0 Å². The number of hydrogen-bond acceptors (Lipinski definition) is 2. The van der Waals surface area contributed by atoms with Gasteiger partial charge in [0, 0.05) is 37.7 Å². The summed E-state index contributed by atoms with van der Waals surface area (Å²) in [5.74, 6) is 0. The lowest BCUT2D eigenvalue weighted by atomic mass is 10.1. The molecule has 0 aromatic heterocycles. The van der Waals surface area contributed by atoms with E-state index >= 15 is 0 Å². The summed E-state index contributed by atoms with van der Waals surface area (Å²) >= 11 is 6.07. The van der Waals surface area contributed by atoms with Crippen molar-refractivity contribution in [2.24, 2.45) is 0 Å². The molecule has 0 amide bonds. The summed E-state index contributed by atoms with van der Waals surface area (Å²) in [5, 5.41) is 0.835. The predicted molar refractivity (Wildman–Crippen MR) is 97.9 cm³/mol. The highest BCUT2D eigenvalue weighted by atomic mass is 35.5. The molecule has 0 aliphatic carbocycles. The number of benzene rings is 2. The second kappa shape index (κ2) is 8.49. The zero-order valence-corrected chi connectivity index (χ0v) is 14.4. The maximum absolute atomic E-state index is 6.07. The van der Waals surface area contributed by atoms with E-state index in [1.165, 1.54) is 43.6 Å². The maximum Gasteiger partial charge on any atom is 0.0409 e. The Bertz CT molecular complexity index is 592. The fourth-order valence-corrected chi connectivity index (χ4v) is 3.43. The van der Waals surface area contributed by atoms with Crippen LogP contribution in [0.2, 0.25) is 5.02 Å². The molecule has 1 fully saturated rings. The Kier molecular flexibility index (Phi) is 6.09. The van der Waals surface area contributed by atoms with E-state index in [1.807, 2.05) is 12.1 Å². The molecule has 0 unspecified atom stereocenters. The van der Waals surface area contributed by atoms with Gasteiger partial charge in [0.15, 0.2) is 0 Å². The van der Waals surface area contributed by atoms with E-state index in [0.717, 1.165) is 24.7 Å². The Balaban J connectivity index is 1.37. The summed E-state index contributed by atoms with van der Waals surface area (Å²) in [7, 11) is 0. The predicted octanol–water partition coefficient (Wildman–Crippen LogP) is 4.09. The zero-order valence-electron chi connectivity index (χ0n) is 13.6. The Morgan fingerprint density at radius 1 is 0.783 bits per heavy atom. The van der Waals surface area contributed by atoms with E-state index in [0.29, 0.717) is 0 Å². The molecule has 0 saturated carbocycles. The van der Waals surface area contributed by atoms with Gasteiger partial charge < -0.3 is 4.90 Å². The average molecular weight is 329 g/mol. The molecule has 3 rings (SSSR count). The van der Waals surface area contributed by atoms with Crippen LogP contribution >= 0.6 is 11.6 Å². The van der Waals surface area contributed by atoms with Gasteiger partial charge in [0.05, 0.1) is 0 Å². The van der Waals surface area contributed by atoms with Gasteiger partial charge in [0.1, 0.15) is 0 Å². The summed E-state index contributed by atoms with van der Waals surface area (Å²) in [5.41, 5.74) is 2.77. The van der Waals surface area contributed by atoms with Gasteiger partial charge >= 0.3 is 0 Å². The molecule has 0 radical (unpaired) electrons. The van der Waals surface area contributed by atoms with E-state index in [4.69, 9.17) is 11.6 Å². The minimum atomic E-state index is 0.835. The fraction of sp³-hybridized carbons (Fsp3) is 0.400. The van der Waals surface area contributed by atoms with Crippen molar-refractivity contribution in [3.8, 4) is 0 Å². The van der Waals surface area contributed by atoms with Crippen molar-refractivity contribution >= 4 is 11.6 Å². The molecular formula is C20H25ClN2. The SMILES string of the molecule is Clc1cccc(CN2CCN(CCCc3ccccc3)CC2)c1. The van der Waals surface area contributed by atoms with Crippen molar-refractivity contribution in [2.45, 2.75) is 19.4 Å². The van der Waals surface area contributed by atoms with Gasteiger partial charge in [-0.3, -0.25) is 4.90 Å². The van der Waals surface area contributed by atoms with E-state index in [1.54, 1.807) is 0 Å². The van der Waals surface area contributed by atoms with Crippen molar-refractivity contribution in [3.63, 3.8) is 0 Å². The van der Waals surface area contributed by atoms with Crippen molar-refractivity contribution in [3.05, 3.63) is 70.7 Å². The lowest BCUT2D eigenvalue weighted by molar-refractivity contribution is 0.126. The highest BCUT2D eigenvalue weighted by molar-refractivity contribution is 6.30. The molecule has 2 aromatic carbocycles. The zero-order chi connectivity index (χ0) is 15.9. The van der Waals surface area contributed by atoms with Crippen molar-refractivity contribution < 1.29 is 0 Å². The van der Waals surface area contributed by atoms with Crippen LogP contribution in [0.15, 0.2) is 54.6 Å². The number of halogens is 1. The summed E-state index contributed by atoms with van der Waals surface area (Å²) in [6.45, 7) is 6.87.